The lowest BCUT2D eigenvalue weighted by atomic mass is 9.81. The van der Waals surface area contributed by atoms with Crippen LogP contribution in [0.15, 0.2) is 30.3 Å². The number of fused-ring (bicyclic) bond motifs is 1. The van der Waals surface area contributed by atoms with E-state index >= 15 is 0 Å². The topological polar surface area (TPSA) is 52.7 Å². The minimum Gasteiger partial charge on any atom is -0.346 e. The minimum absolute atomic E-state index is 0.132. The maximum atomic E-state index is 12.0. The van der Waals surface area contributed by atoms with Crippen molar-refractivity contribution in [3.8, 4) is 0 Å². The SMILES string of the molecule is C[C@]1(c2ccccc2)CC[C@@H](N2CCN3C(=O)C(=O)NC[C@H]3C2)C1. The summed E-state index contributed by atoms with van der Waals surface area (Å²) in [4.78, 5) is 27.8. The van der Waals surface area contributed by atoms with Gasteiger partial charge in [-0.15, -0.1) is 0 Å². The summed E-state index contributed by atoms with van der Waals surface area (Å²) in [6.07, 6.45) is 3.59. The third kappa shape index (κ3) is 2.61. The summed E-state index contributed by atoms with van der Waals surface area (Å²) in [5.74, 6) is -0.802. The van der Waals surface area contributed by atoms with E-state index in [4.69, 9.17) is 0 Å². The predicted octanol–water partition coefficient (Wildman–Crippen LogP) is 1.14. The van der Waals surface area contributed by atoms with Gasteiger partial charge in [-0.3, -0.25) is 14.5 Å². The molecule has 3 fully saturated rings. The number of nitrogens with one attached hydrogen (secondary N) is 1. The van der Waals surface area contributed by atoms with Gasteiger partial charge in [-0.2, -0.15) is 0 Å². The fourth-order valence-corrected chi connectivity index (χ4v) is 4.69. The van der Waals surface area contributed by atoms with E-state index in [1.807, 2.05) is 0 Å². The van der Waals surface area contributed by atoms with Gasteiger partial charge in [-0.25, -0.2) is 0 Å². The van der Waals surface area contributed by atoms with Crippen LogP contribution in [0.1, 0.15) is 31.7 Å². The molecule has 1 aliphatic carbocycles. The number of nitrogens with zero attached hydrogens (tertiary/aromatic N) is 2. The third-order valence-corrected chi connectivity index (χ3v) is 6.17. The molecule has 1 saturated carbocycles. The van der Waals surface area contributed by atoms with Crippen LogP contribution < -0.4 is 5.32 Å². The van der Waals surface area contributed by atoms with Gasteiger partial charge < -0.3 is 10.2 Å². The van der Waals surface area contributed by atoms with Gasteiger partial charge in [-0.05, 0) is 30.2 Å². The molecule has 1 N–H and O–H groups in total. The smallest absolute Gasteiger partial charge is 0.312 e. The lowest BCUT2D eigenvalue weighted by Crippen LogP contribution is -2.66. The van der Waals surface area contributed by atoms with Crippen molar-refractivity contribution in [1.82, 2.24) is 15.1 Å². The molecule has 2 amide bonds. The maximum Gasteiger partial charge on any atom is 0.312 e. The minimum atomic E-state index is -0.447. The second-order valence-electron chi connectivity index (χ2n) is 7.68. The molecule has 1 aromatic rings. The molecule has 0 bridgehead atoms. The fraction of sp³-hybridized carbons (Fsp3) is 0.579. The molecule has 2 heterocycles. The molecule has 128 valence electrons. The van der Waals surface area contributed by atoms with Crippen LogP contribution in [0.4, 0.5) is 0 Å². The highest BCUT2D eigenvalue weighted by molar-refractivity contribution is 6.35. The highest BCUT2D eigenvalue weighted by Crippen LogP contribution is 2.42. The van der Waals surface area contributed by atoms with Gasteiger partial charge in [0.2, 0.25) is 0 Å². The van der Waals surface area contributed by atoms with Crippen LogP contribution in [0.25, 0.3) is 0 Å². The Morgan fingerprint density at radius 1 is 1.12 bits per heavy atom. The number of hydrogen-bond donors (Lipinski definition) is 1. The molecular formula is C19H25N3O2. The number of benzene rings is 1. The summed E-state index contributed by atoms with van der Waals surface area (Å²) >= 11 is 0. The van der Waals surface area contributed by atoms with Crippen molar-refractivity contribution in [1.29, 1.82) is 0 Å². The van der Waals surface area contributed by atoms with Gasteiger partial charge in [0.25, 0.3) is 0 Å². The highest BCUT2D eigenvalue weighted by atomic mass is 16.2. The van der Waals surface area contributed by atoms with Gasteiger partial charge >= 0.3 is 11.8 Å². The van der Waals surface area contributed by atoms with Crippen molar-refractivity contribution in [3.05, 3.63) is 35.9 Å². The van der Waals surface area contributed by atoms with E-state index in [-0.39, 0.29) is 17.4 Å². The van der Waals surface area contributed by atoms with Crippen LogP contribution in [-0.4, -0.2) is 59.9 Å². The second kappa shape index (κ2) is 5.88. The van der Waals surface area contributed by atoms with Crippen LogP contribution >= 0.6 is 0 Å². The van der Waals surface area contributed by atoms with Gasteiger partial charge in [0.05, 0.1) is 6.04 Å². The van der Waals surface area contributed by atoms with Crippen LogP contribution in [0.3, 0.4) is 0 Å². The molecule has 5 nitrogen and oxygen atoms in total. The molecule has 24 heavy (non-hydrogen) atoms. The second-order valence-corrected chi connectivity index (χ2v) is 7.68. The predicted molar refractivity (Wildman–Crippen MR) is 91.5 cm³/mol. The largest absolute Gasteiger partial charge is 0.346 e. The van der Waals surface area contributed by atoms with Crippen molar-refractivity contribution < 1.29 is 9.59 Å². The molecule has 0 spiro atoms. The fourth-order valence-electron chi connectivity index (χ4n) is 4.69. The first-order valence-electron chi connectivity index (χ1n) is 8.95. The van der Waals surface area contributed by atoms with E-state index in [1.54, 1.807) is 4.90 Å². The van der Waals surface area contributed by atoms with Gasteiger partial charge in [0.15, 0.2) is 0 Å². The van der Waals surface area contributed by atoms with E-state index in [0.717, 1.165) is 13.1 Å². The van der Waals surface area contributed by atoms with E-state index in [0.29, 0.717) is 19.1 Å². The van der Waals surface area contributed by atoms with E-state index in [1.165, 1.54) is 24.8 Å². The number of rotatable bonds is 2. The number of carbonyl (C=O) groups is 2. The standard InChI is InChI=1S/C19H25N3O2/c1-19(14-5-3-2-4-6-14)8-7-15(11-19)21-9-10-22-16(13-21)12-20-17(23)18(22)24/h2-6,15-16H,7-13H2,1H3,(H,20,23)/t15-,16+,19+/m1/s1. The Morgan fingerprint density at radius 3 is 2.71 bits per heavy atom. The first kappa shape index (κ1) is 15.6. The Labute approximate surface area is 143 Å². The van der Waals surface area contributed by atoms with E-state index < -0.39 is 5.91 Å². The number of piperazine rings is 2. The molecule has 0 unspecified atom stereocenters. The number of carbonyl (C=O) groups excluding carboxylic acids is 2. The Balaban J connectivity index is 1.43. The average Bonchev–Trinajstić information content (AvgIpc) is 3.02. The Kier molecular flexibility index (Phi) is 3.83. The summed E-state index contributed by atoms with van der Waals surface area (Å²) in [5, 5.41) is 2.73. The highest BCUT2D eigenvalue weighted by Gasteiger charge is 2.43. The first-order chi connectivity index (χ1) is 11.6. The van der Waals surface area contributed by atoms with Crippen molar-refractivity contribution in [2.24, 2.45) is 0 Å². The normalized spacial score (nSPS) is 34.1. The average molecular weight is 327 g/mol. The molecular weight excluding hydrogens is 302 g/mol. The maximum absolute atomic E-state index is 12.0. The molecule has 1 aromatic carbocycles. The summed E-state index contributed by atoms with van der Waals surface area (Å²) in [6.45, 7) is 5.40. The molecule has 3 aliphatic rings. The van der Waals surface area contributed by atoms with Crippen LogP contribution in [0, 0.1) is 0 Å². The number of amides is 2. The Hall–Kier alpha value is -1.88. The van der Waals surface area contributed by atoms with Crippen molar-refractivity contribution in [3.63, 3.8) is 0 Å². The van der Waals surface area contributed by atoms with Crippen LogP contribution in [-0.2, 0) is 15.0 Å². The van der Waals surface area contributed by atoms with Gasteiger partial charge in [-0.1, -0.05) is 37.3 Å². The third-order valence-electron chi connectivity index (χ3n) is 6.17. The molecule has 4 rings (SSSR count). The molecule has 2 aliphatic heterocycles. The van der Waals surface area contributed by atoms with Gasteiger partial charge in [0, 0.05) is 32.2 Å². The molecule has 0 radical (unpaired) electrons. The van der Waals surface area contributed by atoms with Crippen molar-refractivity contribution in [2.45, 2.75) is 43.7 Å². The summed E-state index contributed by atoms with van der Waals surface area (Å²) in [7, 11) is 0. The zero-order chi connectivity index (χ0) is 16.7. The zero-order valence-electron chi connectivity index (χ0n) is 14.2. The lowest BCUT2D eigenvalue weighted by Gasteiger charge is -2.45. The molecule has 5 heteroatoms. The number of hydrogen-bond acceptors (Lipinski definition) is 3. The van der Waals surface area contributed by atoms with Crippen molar-refractivity contribution in [2.75, 3.05) is 26.2 Å². The monoisotopic (exact) mass is 327 g/mol. The Bertz CT molecular complexity index is 647. The molecule has 0 aromatic heterocycles. The van der Waals surface area contributed by atoms with Crippen LogP contribution in [0.5, 0.6) is 0 Å². The van der Waals surface area contributed by atoms with Gasteiger partial charge in [0.1, 0.15) is 0 Å². The van der Waals surface area contributed by atoms with E-state index in [2.05, 4.69) is 47.5 Å². The summed E-state index contributed by atoms with van der Waals surface area (Å²) in [5.41, 5.74) is 1.69. The molecule has 2 saturated heterocycles. The first-order valence-corrected chi connectivity index (χ1v) is 8.95. The zero-order valence-corrected chi connectivity index (χ0v) is 14.2. The summed E-state index contributed by atoms with van der Waals surface area (Å²) in [6, 6.07) is 11.5. The summed E-state index contributed by atoms with van der Waals surface area (Å²) < 4.78 is 0. The van der Waals surface area contributed by atoms with Crippen LogP contribution in [0.2, 0.25) is 0 Å². The van der Waals surface area contributed by atoms with E-state index in [9.17, 15) is 9.59 Å². The Morgan fingerprint density at radius 2 is 1.92 bits per heavy atom. The molecule has 3 atom stereocenters. The quantitative estimate of drug-likeness (QED) is 0.829. The lowest BCUT2D eigenvalue weighted by molar-refractivity contribution is -0.153. The van der Waals surface area contributed by atoms with Crippen molar-refractivity contribution >= 4 is 11.8 Å².